The number of imidazole rings is 1. The maximum Gasteiger partial charge on any atom is 0.234 e. The minimum atomic E-state index is -0.178. The molecule has 0 saturated carbocycles. The first-order valence-corrected chi connectivity index (χ1v) is 10.3. The van der Waals surface area contributed by atoms with E-state index in [4.69, 9.17) is 12.2 Å². The van der Waals surface area contributed by atoms with Crippen LogP contribution in [0.4, 0.5) is 0 Å². The Balaban J connectivity index is 1.49. The van der Waals surface area contributed by atoms with Crippen LogP contribution < -0.4 is 5.32 Å². The molecule has 0 atom stereocenters. The largest absolute Gasteiger partial charge is 0.350 e. The highest BCUT2D eigenvalue weighted by Gasteiger charge is 2.21. The molecular weight excluding hydrogens is 370 g/mol. The predicted molar refractivity (Wildman–Crippen MR) is 115 cm³/mol. The number of aromatic nitrogens is 2. The number of amides is 1. The number of benzene rings is 1. The summed E-state index contributed by atoms with van der Waals surface area (Å²) in [6.07, 6.45) is 4.12. The Labute approximate surface area is 172 Å². The van der Waals surface area contributed by atoms with Gasteiger partial charge in [0.1, 0.15) is 0 Å². The third-order valence-electron chi connectivity index (χ3n) is 4.81. The molecule has 0 bridgehead atoms. The van der Waals surface area contributed by atoms with Crippen LogP contribution in [0.5, 0.6) is 0 Å². The van der Waals surface area contributed by atoms with Crippen molar-refractivity contribution in [2.45, 2.75) is 39.5 Å². The van der Waals surface area contributed by atoms with Crippen molar-refractivity contribution in [1.29, 1.82) is 0 Å². The van der Waals surface area contributed by atoms with Crippen LogP contribution in [0.3, 0.4) is 0 Å². The van der Waals surface area contributed by atoms with Crippen LogP contribution in [0.15, 0.2) is 42.7 Å². The van der Waals surface area contributed by atoms with Crippen molar-refractivity contribution in [3.63, 3.8) is 0 Å². The van der Waals surface area contributed by atoms with E-state index in [1.807, 2.05) is 26.8 Å². The zero-order valence-corrected chi connectivity index (χ0v) is 17.9. The van der Waals surface area contributed by atoms with E-state index in [2.05, 4.69) is 60.9 Å². The van der Waals surface area contributed by atoms with Gasteiger partial charge < -0.3 is 14.5 Å². The van der Waals surface area contributed by atoms with E-state index in [1.165, 1.54) is 5.56 Å². The molecule has 2 aromatic rings. The molecule has 3 rings (SSSR count). The van der Waals surface area contributed by atoms with Crippen LogP contribution in [0.1, 0.15) is 26.3 Å². The number of carbonyl (C=O) groups is 1. The van der Waals surface area contributed by atoms with Gasteiger partial charge in [-0.3, -0.25) is 14.6 Å². The van der Waals surface area contributed by atoms with Gasteiger partial charge in [-0.2, -0.15) is 0 Å². The van der Waals surface area contributed by atoms with E-state index in [9.17, 15) is 4.79 Å². The number of hydrogen-bond donors (Lipinski definition) is 1. The number of carbonyl (C=O) groups excluding carboxylic acids is 1. The number of nitrogens with zero attached hydrogens (tertiary/aromatic N) is 4. The van der Waals surface area contributed by atoms with Crippen LogP contribution in [0.2, 0.25) is 0 Å². The second-order valence-electron chi connectivity index (χ2n) is 8.50. The van der Waals surface area contributed by atoms with Gasteiger partial charge in [0.05, 0.1) is 13.2 Å². The van der Waals surface area contributed by atoms with E-state index in [-0.39, 0.29) is 11.4 Å². The molecule has 1 fully saturated rings. The number of nitrogens with one attached hydrogen (secondary N) is 1. The summed E-state index contributed by atoms with van der Waals surface area (Å²) in [5, 5.41) is 3.03. The van der Waals surface area contributed by atoms with Crippen LogP contribution in [0, 0.1) is 4.77 Å². The first-order valence-electron chi connectivity index (χ1n) is 9.85. The highest BCUT2D eigenvalue weighted by Crippen LogP contribution is 2.08. The summed E-state index contributed by atoms with van der Waals surface area (Å²) in [6, 6.07) is 10.4. The van der Waals surface area contributed by atoms with Gasteiger partial charge in [0, 0.05) is 50.7 Å². The zero-order chi connectivity index (χ0) is 20.1. The summed E-state index contributed by atoms with van der Waals surface area (Å²) in [4.78, 5) is 16.7. The van der Waals surface area contributed by atoms with Crippen molar-refractivity contribution < 1.29 is 4.79 Å². The van der Waals surface area contributed by atoms with Gasteiger partial charge in [-0.25, -0.2) is 0 Å². The van der Waals surface area contributed by atoms with E-state index in [0.717, 1.165) is 44.2 Å². The second kappa shape index (κ2) is 9.03. The van der Waals surface area contributed by atoms with Crippen LogP contribution in [0.25, 0.3) is 0 Å². The Hall–Kier alpha value is -1.96. The van der Waals surface area contributed by atoms with E-state index in [1.54, 1.807) is 0 Å². The van der Waals surface area contributed by atoms with Crippen molar-refractivity contribution in [2.24, 2.45) is 0 Å². The lowest BCUT2D eigenvalue weighted by Gasteiger charge is -2.34. The highest BCUT2D eigenvalue weighted by molar-refractivity contribution is 7.71. The van der Waals surface area contributed by atoms with Crippen LogP contribution >= 0.6 is 12.2 Å². The first-order chi connectivity index (χ1) is 13.3. The Morgan fingerprint density at radius 2 is 1.61 bits per heavy atom. The maximum atomic E-state index is 12.1. The quantitative estimate of drug-likeness (QED) is 0.756. The molecule has 1 aromatic heterocycles. The summed E-state index contributed by atoms with van der Waals surface area (Å²) in [7, 11) is 0. The SMILES string of the molecule is CC(C)(C)NC(=O)CN1CCN(Cn2ccn(Cc3ccccc3)c2=S)CC1. The van der Waals surface area contributed by atoms with Crippen molar-refractivity contribution in [3.05, 3.63) is 53.1 Å². The highest BCUT2D eigenvalue weighted by atomic mass is 32.1. The molecule has 1 aromatic carbocycles. The Bertz CT molecular complexity index is 828. The summed E-state index contributed by atoms with van der Waals surface area (Å²) in [6.45, 7) is 11.8. The Kier molecular flexibility index (Phi) is 6.69. The number of rotatable bonds is 6. The van der Waals surface area contributed by atoms with Gasteiger partial charge in [-0.15, -0.1) is 0 Å². The molecule has 28 heavy (non-hydrogen) atoms. The third kappa shape index (κ3) is 6.02. The molecular formula is C21H31N5OS. The fourth-order valence-electron chi connectivity index (χ4n) is 3.43. The lowest BCUT2D eigenvalue weighted by molar-refractivity contribution is -0.124. The molecule has 1 aliphatic rings. The van der Waals surface area contributed by atoms with Crippen molar-refractivity contribution in [3.8, 4) is 0 Å². The summed E-state index contributed by atoms with van der Waals surface area (Å²) in [5.41, 5.74) is 1.07. The van der Waals surface area contributed by atoms with Gasteiger partial charge in [0.15, 0.2) is 4.77 Å². The van der Waals surface area contributed by atoms with Gasteiger partial charge in [-0.1, -0.05) is 30.3 Å². The summed E-state index contributed by atoms with van der Waals surface area (Å²) < 4.78 is 5.08. The van der Waals surface area contributed by atoms with Gasteiger partial charge >= 0.3 is 0 Å². The molecule has 0 spiro atoms. The Morgan fingerprint density at radius 3 is 2.25 bits per heavy atom. The maximum absolute atomic E-state index is 12.1. The smallest absolute Gasteiger partial charge is 0.234 e. The molecule has 1 aliphatic heterocycles. The molecule has 1 saturated heterocycles. The zero-order valence-electron chi connectivity index (χ0n) is 17.1. The first kappa shape index (κ1) is 20.8. The van der Waals surface area contributed by atoms with E-state index >= 15 is 0 Å². The molecule has 0 aliphatic carbocycles. The molecule has 6 nitrogen and oxygen atoms in total. The van der Waals surface area contributed by atoms with E-state index in [0.29, 0.717) is 6.54 Å². The third-order valence-corrected chi connectivity index (χ3v) is 5.28. The minimum Gasteiger partial charge on any atom is -0.350 e. The lowest BCUT2D eigenvalue weighted by atomic mass is 10.1. The monoisotopic (exact) mass is 401 g/mol. The van der Waals surface area contributed by atoms with Crippen molar-refractivity contribution in [2.75, 3.05) is 32.7 Å². The molecule has 0 radical (unpaired) electrons. The molecule has 1 N–H and O–H groups in total. The molecule has 152 valence electrons. The standard InChI is InChI=1S/C21H31N5OS/c1-21(2,3)22-19(27)16-23-9-11-24(12-10-23)17-26-14-13-25(20(26)28)15-18-7-5-4-6-8-18/h4-8,13-14H,9-12,15-17H2,1-3H3,(H,22,27). The number of piperazine rings is 1. The van der Waals surface area contributed by atoms with Crippen molar-refractivity contribution >= 4 is 18.1 Å². The van der Waals surface area contributed by atoms with Gasteiger partial charge in [-0.05, 0) is 38.6 Å². The molecule has 7 heteroatoms. The van der Waals surface area contributed by atoms with Gasteiger partial charge in [0.25, 0.3) is 0 Å². The lowest BCUT2D eigenvalue weighted by Crippen LogP contribution is -2.51. The fraction of sp³-hybridized carbons (Fsp3) is 0.524. The fourth-order valence-corrected chi connectivity index (χ4v) is 3.67. The average molecular weight is 402 g/mol. The molecule has 2 heterocycles. The van der Waals surface area contributed by atoms with Gasteiger partial charge in [0.2, 0.25) is 5.91 Å². The predicted octanol–water partition coefficient (Wildman–Crippen LogP) is 2.56. The van der Waals surface area contributed by atoms with Crippen LogP contribution in [-0.2, 0) is 18.0 Å². The second-order valence-corrected chi connectivity index (χ2v) is 8.86. The van der Waals surface area contributed by atoms with Crippen LogP contribution in [-0.4, -0.2) is 63.1 Å². The topological polar surface area (TPSA) is 45.4 Å². The molecule has 1 amide bonds. The molecule has 0 unspecified atom stereocenters. The summed E-state index contributed by atoms with van der Waals surface area (Å²) >= 11 is 5.66. The Morgan fingerprint density at radius 1 is 1.00 bits per heavy atom. The summed E-state index contributed by atoms with van der Waals surface area (Å²) in [5.74, 6) is 0.0983. The average Bonchev–Trinajstić information content (AvgIpc) is 2.96. The normalized spacial score (nSPS) is 16.2. The minimum absolute atomic E-state index is 0.0983. The van der Waals surface area contributed by atoms with Crippen molar-refractivity contribution in [1.82, 2.24) is 24.3 Å². The van der Waals surface area contributed by atoms with E-state index < -0.39 is 0 Å². The number of hydrogen-bond acceptors (Lipinski definition) is 4.